The van der Waals surface area contributed by atoms with Gasteiger partial charge < -0.3 is 4.90 Å². The predicted octanol–water partition coefficient (Wildman–Crippen LogP) is 1.71. The third-order valence-electron chi connectivity index (χ3n) is 3.17. The summed E-state index contributed by atoms with van der Waals surface area (Å²) in [4.78, 5) is 4.99. The zero-order chi connectivity index (χ0) is 11.1. The fraction of sp³-hybridized carbons (Fsp3) is 0.917. The minimum atomic E-state index is 0.666. The van der Waals surface area contributed by atoms with Crippen molar-refractivity contribution in [2.45, 2.75) is 38.6 Å². The predicted molar refractivity (Wildman–Crippen MR) is 62.6 cm³/mol. The zero-order valence-electron chi connectivity index (χ0n) is 10.1. The largest absolute Gasteiger partial charge is 0.305 e. The van der Waals surface area contributed by atoms with E-state index >= 15 is 0 Å². The van der Waals surface area contributed by atoms with Crippen molar-refractivity contribution in [1.29, 1.82) is 5.26 Å². The second-order valence-corrected chi connectivity index (χ2v) is 4.62. The maximum atomic E-state index is 8.46. The molecule has 0 radical (unpaired) electrons. The van der Waals surface area contributed by atoms with Crippen LogP contribution in [0.4, 0.5) is 0 Å². The van der Waals surface area contributed by atoms with E-state index in [1.807, 2.05) is 0 Å². The number of hydrogen-bond acceptors (Lipinski definition) is 3. The van der Waals surface area contributed by atoms with Crippen molar-refractivity contribution in [2.24, 2.45) is 0 Å². The number of nitriles is 1. The highest BCUT2D eigenvalue weighted by atomic mass is 15.2. The van der Waals surface area contributed by atoms with Crippen LogP contribution in [-0.2, 0) is 0 Å². The minimum Gasteiger partial charge on any atom is -0.305 e. The van der Waals surface area contributed by atoms with Gasteiger partial charge in [0.1, 0.15) is 0 Å². The molecule has 0 aliphatic carbocycles. The van der Waals surface area contributed by atoms with E-state index in [-0.39, 0.29) is 0 Å². The lowest BCUT2D eigenvalue weighted by atomic mass is 10.2. The second kappa shape index (κ2) is 6.81. The Kier molecular flexibility index (Phi) is 5.67. The molecule has 15 heavy (non-hydrogen) atoms. The van der Waals surface area contributed by atoms with Crippen LogP contribution in [0.1, 0.15) is 32.6 Å². The molecule has 3 heteroatoms. The summed E-state index contributed by atoms with van der Waals surface area (Å²) in [5.41, 5.74) is 0. The van der Waals surface area contributed by atoms with Gasteiger partial charge in [0.25, 0.3) is 0 Å². The maximum Gasteiger partial charge on any atom is 0.0621 e. The van der Waals surface area contributed by atoms with E-state index in [0.29, 0.717) is 12.5 Å². The molecule has 1 aliphatic rings. The van der Waals surface area contributed by atoms with E-state index in [4.69, 9.17) is 5.26 Å². The van der Waals surface area contributed by atoms with Gasteiger partial charge in [0.15, 0.2) is 0 Å². The fourth-order valence-electron chi connectivity index (χ4n) is 2.27. The van der Waals surface area contributed by atoms with Crippen LogP contribution in [0, 0.1) is 11.3 Å². The molecule has 1 atom stereocenters. The molecular formula is C12H23N3. The Balaban J connectivity index is 2.24. The van der Waals surface area contributed by atoms with E-state index in [2.05, 4.69) is 29.8 Å². The Morgan fingerprint density at radius 1 is 1.33 bits per heavy atom. The lowest BCUT2D eigenvalue weighted by molar-refractivity contribution is 0.199. The third kappa shape index (κ3) is 4.63. The van der Waals surface area contributed by atoms with Crippen molar-refractivity contribution in [3.63, 3.8) is 0 Å². The number of rotatable bonds is 4. The van der Waals surface area contributed by atoms with Gasteiger partial charge in [-0.05, 0) is 52.9 Å². The molecule has 1 rings (SSSR count). The highest BCUT2D eigenvalue weighted by molar-refractivity contribution is 4.76. The van der Waals surface area contributed by atoms with Crippen LogP contribution in [-0.4, -0.2) is 49.1 Å². The van der Waals surface area contributed by atoms with Crippen LogP contribution in [0.5, 0.6) is 0 Å². The van der Waals surface area contributed by atoms with Crippen molar-refractivity contribution in [3.8, 4) is 6.07 Å². The first-order valence-electron chi connectivity index (χ1n) is 6.03. The zero-order valence-corrected chi connectivity index (χ0v) is 10.1. The Bertz CT molecular complexity index is 209. The Hall–Kier alpha value is -0.590. The van der Waals surface area contributed by atoms with Gasteiger partial charge in [-0.1, -0.05) is 0 Å². The van der Waals surface area contributed by atoms with Crippen LogP contribution in [0.2, 0.25) is 0 Å². The quantitative estimate of drug-likeness (QED) is 0.660. The van der Waals surface area contributed by atoms with Crippen LogP contribution < -0.4 is 0 Å². The topological polar surface area (TPSA) is 30.3 Å². The molecule has 86 valence electrons. The average molecular weight is 209 g/mol. The smallest absolute Gasteiger partial charge is 0.0621 e. The fourth-order valence-corrected chi connectivity index (χ4v) is 2.27. The lowest BCUT2D eigenvalue weighted by Gasteiger charge is -2.27. The molecular weight excluding hydrogens is 186 g/mol. The molecule has 0 N–H and O–H groups in total. The summed E-state index contributed by atoms with van der Waals surface area (Å²) in [6, 6.07) is 2.88. The van der Waals surface area contributed by atoms with Crippen LogP contribution in [0.3, 0.4) is 0 Å². The van der Waals surface area contributed by atoms with Gasteiger partial charge in [-0.15, -0.1) is 0 Å². The first-order valence-corrected chi connectivity index (χ1v) is 6.03. The van der Waals surface area contributed by atoms with Gasteiger partial charge in [-0.3, -0.25) is 4.90 Å². The molecule has 0 aromatic heterocycles. The molecule has 0 aromatic rings. The monoisotopic (exact) mass is 209 g/mol. The second-order valence-electron chi connectivity index (χ2n) is 4.62. The number of hydrogen-bond donors (Lipinski definition) is 0. The molecule has 1 aliphatic heterocycles. The van der Waals surface area contributed by atoms with Gasteiger partial charge in [-0.25, -0.2) is 0 Å². The summed E-state index contributed by atoms with van der Waals surface area (Å²) in [6.07, 6.45) is 4.21. The number of unbranched alkanes of at least 4 members (excludes halogenated alkanes) is 2. The highest BCUT2D eigenvalue weighted by Gasteiger charge is 2.18. The summed E-state index contributed by atoms with van der Waals surface area (Å²) in [6.45, 7) is 7.10. The maximum absolute atomic E-state index is 8.46. The van der Waals surface area contributed by atoms with Crippen molar-refractivity contribution in [3.05, 3.63) is 0 Å². The molecule has 0 spiro atoms. The van der Waals surface area contributed by atoms with Crippen molar-refractivity contribution < 1.29 is 0 Å². The van der Waals surface area contributed by atoms with Crippen molar-refractivity contribution >= 4 is 0 Å². The third-order valence-corrected chi connectivity index (χ3v) is 3.17. The van der Waals surface area contributed by atoms with Crippen molar-refractivity contribution in [1.82, 2.24) is 9.80 Å². The van der Waals surface area contributed by atoms with Crippen LogP contribution >= 0.6 is 0 Å². The van der Waals surface area contributed by atoms with Crippen LogP contribution in [0.15, 0.2) is 0 Å². The van der Waals surface area contributed by atoms with Gasteiger partial charge in [0.2, 0.25) is 0 Å². The Morgan fingerprint density at radius 3 is 2.87 bits per heavy atom. The molecule has 1 unspecified atom stereocenters. The van der Waals surface area contributed by atoms with E-state index in [0.717, 1.165) is 13.0 Å². The number of nitrogens with zero attached hydrogens (tertiary/aromatic N) is 3. The van der Waals surface area contributed by atoms with E-state index in [9.17, 15) is 0 Å². The molecule has 0 aromatic carbocycles. The molecule has 1 fully saturated rings. The lowest BCUT2D eigenvalue weighted by Crippen LogP contribution is -2.38. The summed E-state index contributed by atoms with van der Waals surface area (Å²) in [7, 11) is 2.20. The molecule has 0 bridgehead atoms. The average Bonchev–Trinajstić information content (AvgIpc) is 2.35. The first-order chi connectivity index (χ1) is 7.24. The SMILES string of the molecule is CC1CN(C)CCCN1CCCCC#N. The summed E-state index contributed by atoms with van der Waals surface area (Å²) in [5, 5.41) is 8.46. The molecule has 1 heterocycles. The molecule has 0 amide bonds. The number of likely N-dealkylation sites (N-methyl/N-ethyl adjacent to an activating group) is 1. The summed E-state index contributed by atoms with van der Waals surface area (Å²) >= 11 is 0. The summed E-state index contributed by atoms with van der Waals surface area (Å²) in [5.74, 6) is 0. The van der Waals surface area contributed by atoms with E-state index < -0.39 is 0 Å². The van der Waals surface area contributed by atoms with Gasteiger partial charge >= 0.3 is 0 Å². The minimum absolute atomic E-state index is 0.666. The van der Waals surface area contributed by atoms with Crippen LogP contribution in [0.25, 0.3) is 0 Å². The Morgan fingerprint density at radius 2 is 2.13 bits per heavy atom. The van der Waals surface area contributed by atoms with Crippen molar-refractivity contribution in [2.75, 3.05) is 33.2 Å². The van der Waals surface area contributed by atoms with E-state index in [1.165, 1.54) is 32.5 Å². The van der Waals surface area contributed by atoms with Gasteiger partial charge in [0, 0.05) is 19.0 Å². The van der Waals surface area contributed by atoms with Gasteiger partial charge in [0.05, 0.1) is 6.07 Å². The molecule has 1 saturated heterocycles. The summed E-state index contributed by atoms with van der Waals surface area (Å²) < 4.78 is 0. The Labute approximate surface area is 93.7 Å². The molecule has 3 nitrogen and oxygen atoms in total. The standard InChI is InChI=1S/C12H23N3/c1-12-11-14(2)8-6-10-15(12)9-5-3-4-7-13/h12H,3-6,8-11H2,1-2H3. The molecule has 0 saturated carbocycles. The highest BCUT2D eigenvalue weighted by Crippen LogP contribution is 2.09. The normalized spacial score (nSPS) is 24.7. The first kappa shape index (κ1) is 12.5. The van der Waals surface area contributed by atoms with Gasteiger partial charge in [-0.2, -0.15) is 5.26 Å². The van der Waals surface area contributed by atoms with E-state index in [1.54, 1.807) is 0 Å².